The smallest absolute Gasteiger partial charge is 0.165 e. The largest absolute Gasteiger partial charge is 0.755 e. The molecule has 2 N–H and O–H groups in total. The summed E-state index contributed by atoms with van der Waals surface area (Å²) in [5.74, 6) is 0.118. The van der Waals surface area contributed by atoms with E-state index in [2.05, 4.69) is 20.0 Å². The quantitative estimate of drug-likeness (QED) is 0.642. The number of anilines is 2. The van der Waals surface area contributed by atoms with E-state index in [9.17, 15) is 13.2 Å². The Morgan fingerprint density at radius 2 is 1.96 bits per heavy atom. The maximum absolute atomic E-state index is 14.0. The van der Waals surface area contributed by atoms with Crippen molar-refractivity contribution < 1.29 is 17.9 Å². The zero-order valence-electron chi connectivity index (χ0n) is 14.0. The number of ether oxygens (including phenoxy) is 1. The summed E-state index contributed by atoms with van der Waals surface area (Å²) >= 11 is -2.36. The lowest BCUT2D eigenvalue weighted by Crippen LogP contribution is -2.09. The van der Waals surface area contributed by atoms with Gasteiger partial charge in [0.25, 0.3) is 0 Å². The molecule has 0 amide bonds. The van der Waals surface area contributed by atoms with Crippen LogP contribution >= 0.6 is 0 Å². The molecule has 3 aromatic rings. The lowest BCUT2D eigenvalue weighted by Gasteiger charge is -2.17. The average molecular weight is 375 g/mol. The third-order valence-corrected chi connectivity index (χ3v) is 4.28. The molecule has 0 bridgehead atoms. The van der Waals surface area contributed by atoms with Crippen LogP contribution in [0, 0.1) is 5.82 Å². The fraction of sp³-hybridized carbons (Fsp3) is 0.176. The number of benzene rings is 2. The van der Waals surface area contributed by atoms with Crippen LogP contribution in [0.4, 0.5) is 15.9 Å². The molecule has 1 aromatic heterocycles. The Labute approximate surface area is 152 Å². The fourth-order valence-corrected chi connectivity index (χ4v) is 2.88. The minimum absolute atomic E-state index is 0.119. The lowest BCUT2D eigenvalue weighted by atomic mass is 10.1. The van der Waals surface area contributed by atoms with Gasteiger partial charge in [-0.1, -0.05) is 12.1 Å². The van der Waals surface area contributed by atoms with Gasteiger partial charge < -0.3 is 19.3 Å². The Morgan fingerprint density at radius 3 is 2.62 bits per heavy atom. The molecular formula is C17H16FN4O3S-. The van der Waals surface area contributed by atoms with E-state index in [1.54, 1.807) is 24.3 Å². The van der Waals surface area contributed by atoms with Crippen LogP contribution in [0.3, 0.4) is 0 Å². The number of nitrogens with one attached hydrogen (secondary N) is 2. The minimum atomic E-state index is -2.36. The molecule has 7 nitrogen and oxygen atoms in total. The first kappa shape index (κ1) is 18.0. The van der Waals surface area contributed by atoms with Gasteiger partial charge in [-0.2, -0.15) is 0 Å². The lowest BCUT2D eigenvalue weighted by molar-refractivity contribution is 0.387. The molecule has 0 aliphatic heterocycles. The fourth-order valence-electron chi connectivity index (χ4n) is 2.55. The number of hydrogen-bond acceptors (Lipinski definition) is 6. The van der Waals surface area contributed by atoms with E-state index in [0.29, 0.717) is 22.4 Å². The number of fused-ring (bicyclic) bond motifs is 1. The Kier molecular flexibility index (Phi) is 5.29. The van der Waals surface area contributed by atoms with Crippen molar-refractivity contribution in [1.82, 2.24) is 9.97 Å². The molecule has 0 spiro atoms. The predicted octanol–water partition coefficient (Wildman–Crippen LogP) is 3.16. The van der Waals surface area contributed by atoms with Crippen molar-refractivity contribution in [1.29, 1.82) is 0 Å². The average Bonchev–Trinajstić information content (AvgIpc) is 2.62. The first-order chi connectivity index (χ1) is 12.5. The summed E-state index contributed by atoms with van der Waals surface area (Å²) in [5, 5.41) is 3.76. The van der Waals surface area contributed by atoms with E-state index in [1.807, 2.05) is 6.92 Å². The van der Waals surface area contributed by atoms with Crippen LogP contribution in [-0.4, -0.2) is 25.8 Å². The molecule has 2 unspecified atom stereocenters. The second kappa shape index (κ2) is 7.63. The highest BCUT2D eigenvalue weighted by Crippen LogP contribution is 2.29. The minimum Gasteiger partial charge on any atom is -0.755 e. The molecule has 2 aromatic carbocycles. The summed E-state index contributed by atoms with van der Waals surface area (Å²) in [4.78, 5) is 8.35. The monoisotopic (exact) mass is 375 g/mol. The summed E-state index contributed by atoms with van der Waals surface area (Å²) in [6.07, 6.45) is 1.39. The summed E-state index contributed by atoms with van der Waals surface area (Å²) in [5.41, 5.74) is 1.94. The number of rotatable bonds is 6. The molecular weight excluding hydrogens is 359 g/mol. The normalized spacial score (nSPS) is 13.2. The van der Waals surface area contributed by atoms with E-state index in [0.717, 1.165) is 5.56 Å². The number of nitrogens with zero attached hydrogens (tertiary/aromatic N) is 2. The maximum Gasteiger partial charge on any atom is 0.165 e. The molecule has 0 radical (unpaired) electrons. The van der Waals surface area contributed by atoms with Crippen LogP contribution in [0.5, 0.6) is 5.75 Å². The molecule has 1 heterocycles. The standard InChI is InChI=1S/C17H17FN4O3S/c1-10(11-3-5-12(6-4-11)22-26(23)24)21-17-13-7-14(18)16(25-2)8-15(13)19-9-20-17/h3-10,22H,1-2H3,(H,23,24)(H,19,20,21)/p-1. The van der Waals surface area contributed by atoms with Gasteiger partial charge >= 0.3 is 0 Å². The van der Waals surface area contributed by atoms with Crippen molar-refractivity contribution >= 4 is 33.7 Å². The van der Waals surface area contributed by atoms with Gasteiger partial charge in [0.15, 0.2) is 11.6 Å². The molecule has 3 rings (SSSR count). The van der Waals surface area contributed by atoms with Crippen LogP contribution in [0.1, 0.15) is 18.5 Å². The highest BCUT2D eigenvalue weighted by Gasteiger charge is 2.13. The SMILES string of the molecule is COc1cc2ncnc(NC(C)c3ccc(NS(=O)[O-])cc3)c2cc1F. The molecule has 136 valence electrons. The van der Waals surface area contributed by atoms with Gasteiger partial charge in [0.1, 0.15) is 12.1 Å². The van der Waals surface area contributed by atoms with E-state index >= 15 is 0 Å². The molecule has 26 heavy (non-hydrogen) atoms. The van der Waals surface area contributed by atoms with Gasteiger partial charge in [0.2, 0.25) is 0 Å². The molecule has 0 saturated carbocycles. The van der Waals surface area contributed by atoms with Gasteiger partial charge in [-0.05, 0) is 30.7 Å². The zero-order chi connectivity index (χ0) is 18.7. The van der Waals surface area contributed by atoms with E-state index in [-0.39, 0.29) is 11.8 Å². The number of hydrogen-bond donors (Lipinski definition) is 2. The van der Waals surface area contributed by atoms with E-state index in [4.69, 9.17) is 4.74 Å². The summed E-state index contributed by atoms with van der Waals surface area (Å²) in [6, 6.07) is 9.60. The summed E-state index contributed by atoms with van der Waals surface area (Å²) in [7, 11) is 1.40. The van der Waals surface area contributed by atoms with E-state index < -0.39 is 17.1 Å². The summed E-state index contributed by atoms with van der Waals surface area (Å²) < 4.78 is 42.6. The zero-order valence-corrected chi connectivity index (χ0v) is 14.8. The van der Waals surface area contributed by atoms with Crippen molar-refractivity contribution in [2.75, 3.05) is 17.1 Å². The first-order valence-corrected chi connectivity index (χ1v) is 8.76. The first-order valence-electron chi connectivity index (χ1n) is 7.68. The van der Waals surface area contributed by atoms with Crippen LogP contribution in [0.25, 0.3) is 10.9 Å². The van der Waals surface area contributed by atoms with Crippen LogP contribution < -0.4 is 14.8 Å². The second-order valence-electron chi connectivity index (χ2n) is 5.55. The van der Waals surface area contributed by atoms with Gasteiger partial charge in [0.05, 0.1) is 12.6 Å². The molecule has 0 saturated heterocycles. The Balaban J connectivity index is 1.86. The predicted molar refractivity (Wildman–Crippen MR) is 97.1 cm³/mol. The Bertz CT molecular complexity index is 953. The third kappa shape index (κ3) is 3.89. The van der Waals surface area contributed by atoms with Crippen molar-refractivity contribution in [3.63, 3.8) is 0 Å². The van der Waals surface area contributed by atoms with Gasteiger partial charge in [-0.3, -0.25) is 4.21 Å². The molecule has 0 aliphatic carbocycles. The molecule has 0 fully saturated rings. The van der Waals surface area contributed by atoms with Crippen LogP contribution in [0.2, 0.25) is 0 Å². The van der Waals surface area contributed by atoms with Crippen molar-refractivity contribution in [2.45, 2.75) is 13.0 Å². The highest BCUT2D eigenvalue weighted by atomic mass is 32.2. The number of halogens is 1. The van der Waals surface area contributed by atoms with Gasteiger partial charge in [-0.25, -0.2) is 14.4 Å². The van der Waals surface area contributed by atoms with E-state index in [1.165, 1.54) is 25.6 Å². The van der Waals surface area contributed by atoms with Gasteiger partial charge in [-0.15, -0.1) is 0 Å². The third-order valence-electron chi connectivity index (χ3n) is 3.87. The molecule has 0 aliphatic rings. The summed E-state index contributed by atoms with van der Waals surface area (Å²) in [6.45, 7) is 1.92. The Hall–Kier alpha value is -2.78. The maximum atomic E-state index is 14.0. The van der Waals surface area contributed by atoms with Crippen molar-refractivity contribution in [3.05, 3.63) is 54.1 Å². The van der Waals surface area contributed by atoms with Gasteiger partial charge in [0, 0.05) is 34.4 Å². The topological polar surface area (TPSA) is 99.2 Å². The second-order valence-corrected chi connectivity index (χ2v) is 6.22. The van der Waals surface area contributed by atoms with Crippen molar-refractivity contribution in [2.24, 2.45) is 0 Å². The Morgan fingerprint density at radius 1 is 1.23 bits per heavy atom. The van der Waals surface area contributed by atoms with Crippen molar-refractivity contribution in [3.8, 4) is 5.75 Å². The molecule has 9 heteroatoms. The van der Waals surface area contributed by atoms with Crippen LogP contribution in [0.15, 0.2) is 42.7 Å². The highest BCUT2D eigenvalue weighted by molar-refractivity contribution is 7.80. The number of aromatic nitrogens is 2. The van der Waals surface area contributed by atoms with Crippen LogP contribution in [-0.2, 0) is 11.3 Å². The molecule has 2 atom stereocenters. The number of methoxy groups -OCH3 is 1.